The minimum absolute atomic E-state index is 0.0104. The molecule has 0 aromatic rings. The molecule has 92 valence electrons. The molecule has 0 N–H and O–H groups in total. The molecule has 0 nitrogen and oxygen atoms in total. The van der Waals surface area contributed by atoms with Gasteiger partial charge in [-0.05, 0) is 32.6 Å². The van der Waals surface area contributed by atoms with Crippen molar-refractivity contribution < 1.29 is 0 Å². The molecule has 5 heteroatoms. The second kappa shape index (κ2) is 9.48. The molecular weight excluding hydrogens is 297 g/mol. The van der Waals surface area contributed by atoms with Crippen LogP contribution in [0.5, 0.6) is 0 Å². The number of hydrogen-bond donors (Lipinski definition) is 0. The standard InChI is InChI=1S/C10H17Cl5/c1-7(12)2-4-9(14)10(15)5-3-8(13)6-11/h7-10H,2-6H2,1H3. The van der Waals surface area contributed by atoms with Crippen molar-refractivity contribution in [2.45, 2.75) is 54.1 Å². The number of alkyl halides is 5. The predicted molar refractivity (Wildman–Crippen MR) is 73.4 cm³/mol. The molecule has 4 unspecified atom stereocenters. The van der Waals surface area contributed by atoms with E-state index in [0.29, 0.717) is 5.88 Å². The van der Waals surface area contributed by atoms with Crippen molar-refractivity contribution in [3.8, 4) is 0 Å². The van der Waals surface area contributed by atoms with Crippen molar-refractivity contribution in [2.24, 2.45) is 0 Å². The summed E-state index contributed by atoms with van der Waals surface area (Å²) in [6, 6.07) is 0. The van der Waals surface area contributed by atoms with Crippen molar-refractivity contribution in [2.75, 3.05) is 5.88 Å². The van der Waals surface area contributed by atoms with Crippen LogP contribution in [-0.4, -0.2) is 27.4 Å². The second-order valence-electron chi connectivity index (χ2n) is 3.72. The summed E-state index contributed by atoms with van der Waals surface area (Å²) in [4.78, 5) is 0. The molecule has 0 saturated heterocycles. The zero-order valence-corrected chi connectivity index (χ0v) is 12.5. The third kappa shape index (κ3) is 9.18. The Hall–Kier alpha value is 1.45. The average molecular weight is 315 g/mol. The molecule has 0 amide bonds. The lowest BCUT2D eigenvalue weighted by molar-refractivity contribution is 0.603. The van der Waals surface area contributed by atoms with Crippen molar-refractivity contribution in [3.05, 3.63) is 0 Å². The summed E-state index contributed by atoms with van der Waals surface area (Å²) in [6.45, 7) is 1.96. The first-order valence-corrected chi connectivity index (χ1v) is 7.37. The smallest absolute Gasteiger partial charge is 0.0500 e. The van der Waals surface area contributed by atoms with Gasteiger partial charge in [-0.3, -0.25) is 0 Å². The maximum atomic E-state index is 6.14. The molecular formula is C10H17Cl5. The van der Waals surface area contributed by atoms with Gasteiger partial charge >= 0.3 is 0 Å². The highest BCUT2D eigenvalue weighted by atomic mass is 35.5. The quantitative estimate of drug-likeness (QED) is 0.538. The van der Waals surface area contributed by atoms with E-state index < -0.39 is 0 Å². The molecule has 4 atom stereocenters. The Bertz CT molecular complexity index is 151. The molecule has 0 fully saturated rings. The van der Waals surface area contributed by atoms with Gasteiger partial charge in [0.15, 0.2) is 0 Å². The van der Waals surface area contributed by atoms with E-state index in [1.165, 1.54) is 0 Å². The van der Waals surface area contributed by atoms with E-state index >= 15 is 0 Å². The Morgan fingerprint density at radius 3 is 1.67 bits per heavy atom. The lowest BCUT2D eigenvalue weighted by atomic mass is 10.1. The third-order valence-corrected chi connectivity index (χ3v) is 4.45. The highest BCUT2D eigenvalue weighted by molar-refractivity contribution is 6.30. The fourth-order valence-electron chi connectivity index (χ4n) is 1.17. The Morgan fingerprint density at radius 2 is 1.27 bits per heavy atom. The van der Waals surface area contributed by atoms with Crippen molar-refractivity contribution in [3.63, 3.8) is 0 Å². The van der Waals surface area contributed by atoms with Crippen LogP contribution < -0.4 is 0 Å². The molecule has 0 radical (unpaired) electrons. The minimum Gasteiger partial charge on any atom is -0.125 e. The van der Waals surface area contributed by atoms with Gasteiger partial charge in [-0.25, -0.2) is 0 Å². The first kappa shape index (κ1) is 16.4. The van der Waals surface area contributed by atoms with Gasteiger partial charge in [0, 0.05) is 27.4 Å². The summed E-state index contributed by atoms with van der Waals surface area (Å²) in [5.74, 6) is 0.455. The molecule has 0 bridgehead atoms. The van der Waals surface area contributed by atoms with E-state index in [9.17, 15) is 0 Å². The number of halogens is 5. The minimum atomic E-state index is -0.0495. The molecule has 0 heterocycles. The van der Waals surface area contributed by atoms with Gasteiger partial charge in [-0.15, -0.1) is 58.0 Å². The maximum Gasteiger partial charge on any atom is 0.0500 e. The van der Waals surface area contributed by atoms with Crippen LogP contribution in [0.15, 0.2) is 0 Å². The van der Waals surface area contributed by atoms with Gasteiger partial charge in [0.2, 0.25) is 0 Å². The largest absolute Gasteiger partial charge is 0.125 e. The summed E-state index contributed by atoms with van der Waals surface area (Å²) in [7, 11) is 0. The Kier molecular flexibility index (Phi) is 10.4. The maximum absolute atomic E-state index is 6.14. The average Bonchev–Trinajstić information content (AvgIpc) is 2.21. The summed E-state index contributed by atoms with van der Waals surface area (Å²) in [6.07, 6.45) is 3.33. The van der Waals surface area contributed by atoms with E-state index in [4.69, 9.17) is 58.0 Å². The highest BCUT2D eigenvalue weighted by Gasteiger charge is 2.18. The van der Waals surface area contributed by atoms with Crippen LogP contribution in [0.2, 0.25) is 0 Å². The second-order valence-corrected chi connectivity index (χ2v) is 6.51. The van der Waals surface area contributed by atoms with Crippen molar-refractivity contribution in [1.29, 1.82) is 0 Å². The van der Waals surface area contributed by atoms with Crippen LogP contribution in [0.3, 0.4) is 0 Å². The first-order valence-electron chi connectivity index (χ1n) is 5.09. The van der Waals surface area contributed by atoms with Crippen LogP contribution in [0.4, 0.5) is 0 Å². The molecule has 0 aromatic carbocycles. The molecule has 0 rings (SSSR count). The number of hydrogen-bond acceptors (Lipinski definition) is 0. The fraction of sp³-hybridized carbons (Fsp3) is 1.00. The molecule has 0 saturated carbocycles. The third-order valence-electron chi connectivity index (χ3n) is 2.16. The predicted octanol–water partition coefficient (Wildman–Crippen LogP) is 5.24. The van der Waals surface area contributed by atoms with Gasteiger partial charge in [-0.2, -0.15) is 0 Å². The van der Waals surface area contributed by atoms with Crippen LogP contribution in [-0.2, 0) is 0 Å². The van der Waals surface area contributed by atoms with E-state index in [0.717, 1.165) is 25.7 Å². The Balaban J connectivity index is 3.64. The normalized spacial score (nSPS) is 19.6. The molecule has 15 heavy (non-hydrogen) atoms. The van der Waals surface area contributed by atoms with Gasteiger partial charge < -0.3 is 0 Å². The van der Waals surface area contributed by atoms with Crippen molar-refractivity contribution >= 4 is 58.0 Å². The topological polar surface area (TPSA) is 0 Å². The molecule has 0 aliphatic heterocycles. The number of rotatable bonds is 8. The van der Waals surface area contributed by atoms with Crippen LogP contribution in [0.25, 0.3) is 0 Å². The zero-order chi connectivity index (χ0) is 11.8. The molecule has 0 aliphatic carbocycles. The Labute approximate surface area is 118 Å². The lowest BCUT2D eigenvalue weighted by Crippen LogP contribution is -2.18. The fourth-order valence-corrected chi connectivity index (χ4v) is 2.08. The molecule has 0 aromatic heterocycles. The van der Waals surface area contributed by atoms with Gasteiger partial charge in [-0.1, -0.05) is 0 Å². The zero-order valence-electron chi connectivity index (χ0n) is 8.73. The molecule has 0 aliphatic rings. The first-order chi connectivity index (χ1) is 6.97. The highest BCUT2D eigenvalue weighted by Crippen LogP contribution is 2.23. The lowest BCUT2D eigenvalue weighted by Gasteiger charge is -2.17. The van der Waals surface area contributed by atoms with Gasteiger partial charge in [0.25, 0.3) is 0 Å². The van der Waals surface area contributed by atoms with E-state index in [1.54, 1.807) is 0 Å². The summed E-state index contributed by atoms with van der Waals surface area (Å²) in [5, 5.41) is 0.0566. The van der Waals surface area contributed by atoms with Crippen LogP contribution in [0.1, 0.15) is 32.6 Å². The monoisotopic (exact) mass is 312 g/mol. The van der Waals surface area contributed by atoms with Crippen LogP contribution >= 0.6 is 58.0 Å². The van der Waals surface area contributed by atoms with Crippen LogP contribution in [0, 0.1) is 0 Å². The summed E-state index contributed by atoms with van der Waals surface area (Å²) < 4.78 is 0. The summed E-state index contributed by atoms with van der Waals surface area (Å²) in [5.41, 5.74) is 0. The van der Waals surface area contributed by atoms with E-state index in [-0.39, 0.29) is 21.5 Å². The Morgan fingerprint density at radius 1 is 0.800 bits per heavy atom. The SMILES string of the molecule is CC(Cl)CCC(Cl)C(Cl)CCC(Cl)CCl. The van der Waals surface area contributed by atoms with E-state index in [2.05, 4.69) is 0 Å². The van der Waals surface area contributed by atoms with Crippen molar-refractivity contribution in [1.82, 2.24) is 0 Å². The van der Waals surface area contributed by atoms with E-state index in [1.807, 2.05) is 6.92 Å². The van der Waals surface area contributed by atoms with Gasteiger partial charge in [0.1, 0.15) is 0 Å². The summed E-state index contributed by atoms with van der Waals surface area (Å²) >= 11 is 29.6. The van der Waals surface area contributed by atoms with Gasteiger partial charge in [0.05, 0.1) is 0 Å². The molecule has 0 spiro atoms.